The Balaban J connectivity index is 1.84. The third-order valence-corrected chi connectivity index (χ3v) is 5.11. The van der Waals surface area contributed by atoms with Gasteiger partial charge in [0.15, 0.2) is 5.82 Å². The second-order valence-corrected chi connectivity index (χ2v) is 6.84. The molecule has 0 aromatic carbocycles. The van der Waals surface area contributed by atoms with Gasteiger partial charge in [0.05, 0.1) is 5.69 Å². The van der Waals surface area contributed by atoms with Gasteiger partial charge in [-0.2, -0.15) is 0 Å². The van der Waals surface area contributed by atoms with Crippen molar-refractivity contribution in [1.29, 1.82) is 0 Å². The predicted octanol–water partition coefficient (Wildman–Crippen LogP) is 3.32. The summed E-state index contributed by atoms with van der Waals surface area (Å²) >= 11 is 0. The van der Waals surface area contributed by atoms with Crippen LogP contribution in [0.25, 0.3) is 11.5 Å². The summed E-state index contributed by atoms with van der Waals surface area (Å²) in [5, 5.41) is 0. The van der Waals surface area contributed by atoms with Crippen LogP contribution in [0.3, 0.4) is 0 Å². The van der Waals surface area contributed by atoms with Gasteiger partial charge in [-0.05, 0) is 32.6 Å². The van der Waals surface area contributed by atoms with Gasteiger partial charge in [0.25, 0.3) is 0 Å². The number of hydrogen-bond acceptors (Lipinski definition) is 4. The van der Waals surface area contributed by atoms with Gasteiger partial charge in [-0.25, -0.2) is 9.97 Å². The van der Waals surface area contributed by atoms with Gasteiger partial charge in [0.2, 0.25) is 5.91 Å². The molecule has 6 nitrogen and oxygen atoms in total. The van der Waals surface area contributed by atoms with Crippen LogP contribution < -0.4 is 0 Å². The van der Waals surface area contributed by atoms with Crippen molar-refractivity contribution in [3.63, 3.8) is 0 Å². The van der Waals surface area contributed by atoms with E-state index in [4.69, 9.17) is 0 Å². The molecule has 1 saturated heterocycles. The molecule has 1 aliphatic rings. The molecule has 1 atom stereocenters. The zero-order chi connectivity index (χ0) is 17.8. The van der Waals surface area contributed by atoms with Gasteiger partial charge in [-0.1, -0.05) is 13.8 Å². The lowest BCUT2D eigenvalue weighted by Crippen LogP contribution is -2.42. The molecule has 1 unspecified atom stereocenters. The molecule has 1 fully saturated rings. The molecule has 0 spiro atoms. The van der Waals surface area contributed by atoms with Crippen LogP contribution in [-0.2, 0) is 4.79 Å². The van der Waals surface area contributed by atoms with Crippen LogP contribution in [0, 0.1) is 12.8 Å². The largest absolute Gasteiger partial charge is 0.342 e. The zero-order valence-corrected chi connectivity index (χ0v) is 15.3. The molecule has 0 bridgehead atoms. The van der Waals surface area contributed by atoms with Crippen LogP contribution in [0.5, 0.6) is 0 Å². The van der Waals surface area contributed by atoms with E-state index in [0.717, 1.165) is 61.7 Å². The Labute approximate surface area is 149 Å². The van der Waals surface area contributed by atoms with E-state index in [-0.39, 0.29) is 17.7 Å². The van der Waals surface area contributed by atoms with Crippen LogP contribution in [0.4, 0.5) is 0 Å². The van der Waals surface area contributed by atoms with E-state index >= 15 is 0 Å². The summed E-state index contributed by atoms with van der Waals surface area (Å²) in [5.41, 5.74) is 2.75. The molecular formula is C19H27N5O. The van der Waals surface area contributed by atoms with E-state index in [1.165, 1.54) is 0 Å². The second-order valence-electron chi connectivity index (χ2n) is 6.84. The molecule has 2 aromatic heterocycles. The third kappa shape index (κ3) is 3.72. The number of carbonyl (C=O) groups excluding carboxylic acids is 1. The van der Waals surface area contributed by atoms with Crippen molar-refractivity contribution < 1.29 is 4.79 Å². The lowest BCUT2D eigenvalue weighted by molar-refractivity contribution is -0.137. The van der Waals surface area contributed by atoms with Crippen LogP contribution in [-0.4, -0.2) is 43.8 Å². The van der Waals surface area contributed by atoms with Crippen molar-refractivity contribution in [2.24, 2.45) is 5.92 Å². The highest BCUT2D eigenvalue weighted by atomic mass is 16.2. The normalized spacial score (nSPS) is 17.9. The number of imidazole rings is 1. The number of likely N-dealkylation sites (tertiary alicyclic amines) is 1. The Morgan fingerprint density at radius 2 is 2.04 bits per heavy atom. The Morgan fingerprint density at radius 1 is 1.28 bits per heavy atom. The average molecular weight is 341 g/mol. The fourth-order valence-corrected chi connectivity index (χ4v) is 3.66. The summed E-state index contributed by atoms with van der Waals surface area (Å²) in [4.78, 5) is 31.6. The van der Waals surface area contributed by atoms with Crippen LogP contribution >= 0.6 is 0 Å². The number of rotatable bonds is 5. The van der Waals surface area contributed by atoms with Crippen molar-refractivity contribution in [2.75, 3.05) is 13.1 Å². The van der Waals surface area contributed by atoms with Gasteiger partial charge in [-0.3, -0.25) is 9.78 Å². The first-order valence-electron chi connectivity index (χ1n) is 9.25. The minimum Gasteiger partial charge on any atom is -0.342 e. The van der Waals surface area contributed by atoms with Crippen molar-refractivity contribution in [3.8, 4) is 11.5 Å². The minimum atomic E-state index is 0.132. The molecule has 0 saturated carbocycles. The first-order chi connectivity index (χ1) is 12.1. The summed E-state index contributed by atoms with van der Waals surface area (Å²) in [7, 11) is 0. The summed E-state index contributed by atoms with van der Waals surface area (Å²) < 4.78 is 0. The fourth-order valence-electron chi connectivity index (χ4n) is 3.66. The number of H-pyrrole nitrogens is 1. The maximum absolute atomic E-state index is 12.8. The molecular weight excluding hydrogens is 314 g/mol. The Bertz CT molecular complexity index is 722. The fraction of sp³-hybridized carbons (Fsp3) is 0.579. The van der Waals surface area contributed by atoms with Crippen LogP contribution in [0.1, 0.15) is 56.8 Å². The number of carbonyl (C=O) groups is 1. The molecule has 1 N–H and O–H groups in total. The number of aromatic amines is 1. The summed E-state index contributed by atoms with van der Waals surface area (Å²) in [6, 6.07) is 0. The number of aryl methyl sites for hydroxylation is 1. The van der Waals surface area contributed by atoms with Crippen molar-refractivity contribution in [1.82, 2.24) is 24.8 Å². The number of amides is 1. The van der Waals surface area contributed by atoms with E-state index in [1.807, 2.05) is 11.8 Å². The highest BCUT2D eigenvalue weighted by molar-refractivity contribution is 5.79. The van der Waals surface area contributed by atoms with Gasteiger partial charge >= 0.3 is 0 Å². The first kappa shape index (κ1) is 17.6. The molecule has 25 heavy (non-hydrogen) atoms. The van der Waals surface area contributed by atoms with Crippen LogP contribution in [0.2, 0.25) is 0 Å². The Morgan fingerprint density at radius 3 is 2.72 bits per heavy atom. The van der Waals surface area contributed by atoms with E-state index < -0.39 is 0 Å². The maximum Gasteiger partial charge on any atom is 0.225 e. The smallest absolute Gasteiger partial charge is 0.225 e. The quantitative estimate of drug-likeness (QED) is 0.905. The Hall–Kier alpha value is -2.24. The van der Waals surface area contributed by atoms with Gasteiger partial charge in [0, 0.05) is 49.2 Å². The molecule has 134 valence electrons. The van der Waals surface area contributed by atoms with E-state index in [9.17, 15) is 4.79 Å². The van der Waals surface area contributed by atoms with Crippen molar-refractivity contribution >= 4 is 5.91 Å². The van der Waals surface area contributed by atoms with E-state index in [0.29, 0.717) is 0 Å². The summed E-state index contributed by atoms with van der Waals surface area (Å²) in [6.07, 6.45) is 9.07. The van der Waals surface area contributed by atoms with Gasteiger partial charge in [0.1, 0.15) is 5.69 Å². The third-order valence-electron chi connectivity index (χ3n) is 5.11. The summed E-state index contributed by atoms with van der Waals surface area (Å²) in [5.74, 6) is 1.38. The van der Waals surface area contributed by atoms with E-state index in [1.54, 1.807) is 18.6 Å². The molecule has 6 heteroatoms. The van der Waals surface area contributed by atoms with E-state index in [2.05, 4.69) is 33.8 Å². The molecule has 1 amide bonds. The first-order valence-corrected chi connectivity index (χ1v) is 9.25. The molecule has 0 aliphatic carbocycles. The second kappa shape index (κ2) is 7.76. The van der Waals surface area contributed by atoms with Gasteiger partial charge < -0.3 is 9.88 Å². The van der Waals surface area contributed by atoms with Crippen LogP contribution in [0.15, 0.2) is 18.6 Å². The number of aromatic nitrogens is 4. The molecule has 0 radical (unpaired) electrons. The predicted molar refractivity (Wildman–Crippen MR) is 97.0 cm³/mol. The number of piperidine rings is 1. The lowest BCUT2D eigenvalue weighted by atomic mass is 9.91. The molecule has 3 heterocycles. The molecule has 2 aromatic rings. The van der Waals surface area contributed by atoms with Crippen molar-refractivity contribution in [2.45, 2.75) is 52.4 Å². The topological polar surface area (TPSA) is 74.8 Å². The summed E-state index contributed by atoms with van der Waals surface area (Å²) in [6.45, 7) is 7.73. The minimum absolute atomic E-state index is 0.132. The van der Waals surface area contributed by atoms with Gasteiger partial charge in [-0.15, -0.1) is 0 Å². The number of nitrogens with zero attached hydrogens (tertiary/aromatic N) is 4. The Kier molecular flexibility index (Phi) is 5.46. The number of nitrogens with one attached hydrogen (secondary N) is 1. The molecule has 1 aliphatic heterocycles. The highest BCUT2D eigenvalue weighted by Crippen LogP contribution is 2.31. The SMILES string of the molecule is CCC(CC)C(=O)N1CCCC(c2nccnc2-c2ncc(C)[nH]2)C1. The highest BCUT2D eigenvalue weighted by Gasteiger charge is 2.30. The maximum atomic E-state index is 12.8. The van der Waals surface area contributed by atoms with Crippen molar-refractivity contribution in [3.05, 3.63) is 30.0 Å². The molecule has 3 rings (SSSR count). The average Bonchev–Trinajstić information content (AvgIpc) is 3.09. The number of hydrogen-bond donors (Lipinski definition) is 1. The lowest BCUT2D eigenvalue weighted by Gasteiger charge is -2.34. The zero-order valence-electron chi connectivity index (χ0n) is 15.3. The monoisotopic (exact) mass is 341 g/mol. The standard InChI is InChI=1S/C19H27N5O/c1-4-14(5-2)19(25)24-10-6-7-15(12-24)16-17(21-9-8-20-16)18-22-11-13(3)23-18/h8-9,11,14-15H,4-7,10,12H2,1-3H3,(H,22,23).